The molecule has 1 aromatic heterocycles. The number of nitrogens with one attached hydrogen (secondary N) is 2. The number of aromatic nitrogens is 3. The largest absolute Gasteiger partial charge is 0.497 e. The molecule has 0 atom stereocenters. The molecule has 1 fully saturated rings. The Balaban J connectivity index is 0.00000272. The summed E-state index contributed by atoms with van der Waals surface area (Å²) in [5.74, 6) is 3.01. The molecule has 3 aromatic rings. The fraction of sp³-hybridized carbons (Fsp3) is 0.286. The third kappa shape index (κ3) is 5.87. The van der Waals surface area contributed by atoms with Gasteiger partial charge in [-0.1, -0.05) is 6.07 Å². The van der Waals surface area contributed by atoms with E-state index in [0.29, 0.717) is 31.1 Å². The fourth-order valence-electron chi connectivity index (χ4n) is 3.01. The summed E-state index contributed by atoms with van der Waals surface area (Å²) in [6.07, 6.45) is 0. The molecule has 2 N–H and O–H groups in total. The summed E-state index contributed by atoms with van der Waals surface area (Å²) in [5, 5.41) is 6.49. The maximum absolute atomic E-state index is 5.45. The van der Waals surface area contributed by atoms with Crippen LogP contribution in [0.1, 0.15) is 0 Å². The van der Waals surface area contributed by atoms with Gasteiger partial charge in [0.25, 0.3) is 0 Å². The number of benzene rings is 2. The first-order valence-electron chi connectivity index (χ1n) is 9.64. The summed E-state index contributed by atoms with van der Waals surface area (Å²) in [7, 11) is 3.27. The van der Waals surface area contributed by atoms with E-state index >= 15 is 0 Å². The third-order valence-electron chi connectivity index (χ3n) is 4.59. The Labute approximate surface area is 187 Å². The molecule has 0 aliphatic carbocycles. The van der Waals surface area contributed by atoms with Crippen LogP contribution in [0.25, 0.3) is 0 Å². The zero-order chi connectivity index (χ0) is 20.8. The van der Waals surface area contributed by atoms with Gasteiger partial charge in [-0.25, -0.2) is 0 Å². The minimum Gasteiger partial charge on any atom is -0.497 e. The van der Waals surface area contributed by atoms with Crippen molar-refractivity contribution in [1.82, 2.24) is 15.0 Å². The van der Waals surface area contributed by atoms with Crippen LogP contribution in [0.4, 0.5) is 29.2 Å². The molecular formula is C21H25ClN6O3. The number of hydrogen-bond acceptors (Lipinski definition) is 9. The van der Waals surface area contributed by atoms with Gasteiger partial charge in [0.15, 0.2) is 0 Å². The predicted octanol–water partition coefficient (Wildman–Crippen LogP) is 3.63. The molecule has 10 heteroatoms. The van der Waals surface area contributed by atoms with Gasteiger partial charge in [0, 0.05) is 30.5 Å². The number of rotatable bonds is 7. The van der Waals surface area contributed by atoms with Gasteiger partial charge < -0.3 is 29.7 Å². The molecule has 1 aliphatic rings. The van der Waals surface area contributed by atoms with Crippen molar-refractivity contribution in [3.8, 4) is 11.5 Å². The highest BCUT2D eigenvalue weighted by Gasteiger charge is 2.17. The maximum Gasteiger partial charge on any atom is 0.233 e. The van der Waals surface area contributed by atoms with Gasteiger partial charge in [-0.2, -0.15) is 15.0 Å². The molecule has 0 amide bonds. The lowest BCUT2D eigenvalue weighted by atomic mass is 10.3. The highest BCUT2D eigenvalue weighted by Crippen LogP contribution is 2.24. The fourth-order valence-corrected chi connectivity index (χ4v) is 3.01. The van der Waals surface area contributed by atoms with Gasteiger partial charge in [0.05, 0.1) is 27.4 Å². The minimum absolute atomic E-state index is 0. The van der Waals surface area contributed by atoms with Crippen molar-refractivity contribution in [3.63, 3.8) is 0 Å². The van der Waals surface area contributed by atoms with E-state index in [-0.39, 0.29) is 12.4 Å². The maximum atomic E-state index is 5.45. The van der Waals surface area contributed by atoms with Crippen LogP contribution >= 0.6 is 12.4 Å². The highest BCUT2D eigenvalue weighted by molar-refractivity contribution is 5.85. The molecule has 1 saturated heterocycles. The summed E-state index contributed by atoms with van der Waals surface area (Å²) < 4.78 is 16.0. The van der Waals surface area contributed by atoms with E-state index < -0.39 is 0 Å². The highest BCUT2D eigenvalue weighted by atomic mass is 35.5. The number of halogens is 1. The van der Waals surface area contributed by atoms with Crippen LogP contribution in [0.2, 0.25) is 0 Å². The second-order valence-corrected chi connectivity index (χ2v) is 6.59. The Morgan fingerprint density at radius 2 is 1.45 bits per heavy atom. The zero-order valence-electron chi connectivity index (χ0n) is 17.4. The summed E-state index contributed by atoms with van der Waals surface area (Å²) in [6, 6.07) is 15.2. The monoisotopic (exact) mass is 444 g/mol. The quantitative estimate of drug-likeness (QED) is 0.566. The van der Waals surface area contributed by atoms with Gasteiger partial charge in [0.2, 0.25) is 17.8 Å². The molecule has 0 saturated carbocycles. The summed E-state index contributed by atoms with van der Waals surface area (Å²) in [6.45, 7) is 2.74. The predicted molar refractivity (Wildman–Crippen MR) is 123 cm³/mol. The number of morpholine rings is 1. The number of hydrogen-bond donors (Lipinski definition) is 2. The first-order valence-corrected chi connectivity index (χ1v) is 9.64. The van der Waals surface area contributed by atoms with Crippen molar-refractivity contribution >= 4 is 41.6 Å². The molecule has 1 aliphatic heterocycles. The summed E-state index contributed by atoms with van der Waals surface area (Å²) in [4.78, 5) is 15.9. The van der Waals surface area contributed by atoms with Gasteiger partial charge >= 0.3 is 0 Å². The second kappa shape index (κ2) is 10.6. The molecule has 0 unspecified atom stereocenters. The van der Waals surface area contributed by atoms with Crippen LogP contribution in [0.3, 0.4) is 0 Å². The first-order chi connectivity index (χ1) is 14.7. The molecule has 2 aromatic carbocycles. The Morgan fingerprint density at radius 1 is 0.806 bits per heavy atom. The molecule has 164 valence electrons. The average molecular weight is 445 g/mol. The van der Waals surface area contributed by atoms with Crippen LogP contribution in [0.15, 0.2) is 48.5 Å². The standard InChI is InChI=1S/C21H24N6O3.ClH/c1-28-17-8-6-15(7-9-17)22-19-24-20(23-16-4-3-5-18(14-16)29-2)26-21(25-19)27-10-12-30-13-11-27;/h3-9,14H,10-13H2,1-2H3,(H2,22,23,24,25,26);1H. The number of anilines is 5. The Kier molecular flexibility index (Phi) is 7.69. The number of ether oxygens (including phenoxy) is 3. The van der Waals surface area contributed by atoms with E-state index in [9.17, 15) is 0 Å². The van der Waals surface area contributed by atoms with Crippen LogP contribution in [0, 0.1) is 0 Å². The van der Waals surface area contributed by atoms with E-state index in [1.807, 2.05) is 48.5 Å². The van der Waals surface area contributed by atoms with Gasteiger partial charge in [-0.15, -0.1) is 12.4 Å². The summed E-state index contributed by atoms with van der Waals surface area (Å²) >= 11 is 0. The van der Waals surface area contributed by atoms with Gasteiger partial charge in [-0.05, 0) is 36.4 Å². The number of methoxy groups -OCH3 is 2. The molecular weight excluding hydrogens is 420 g/mol. The van der Waals surface area contributed by atoms with E-state index in [2.05, 4.69) is 30.5 Å². The summed E-state index contributed by atoms with van der Waals surface area (Å²) in [5.41, 5.74) is 1.67. The van der Waals surface area contributed by atoms with Crippen molar-refractivity contribution in [2.45, 2.75) is 0 Å². The van der Waals surface area contributed by atoms with E-state index in [1.54, 1.807) is 14.2 Å². The molecule has 31 heavy (non-hydrogen) atoms. The Bertz CT molecular complexity index is 983. The first kappa shape index (κ1) is 22.4. The number of nitrogens with zero attached hydrogens (tertiary/aromatic N) is 4. The molecule has 0 radical (unpaired) electrons. The Hall–Kier alpha value is -3.30. The van der Waals surface area contributed by atoms with E-state index in [1.165, 1.54) is 0 Å². The smallest absolute Gasteiger partial charge is 0.233 e. The van der Waals surface area contributed by atoms with Crippen molar-refractivity contribution < 1.29 is 14.2 Å². The average Bonchev–Trinajstić information content (AvgIpc) is 2.80. The van der Waals surface area contributed by atoms with Crippen LogP contribution in [0.5, 0.6) is 11.5 Å². The lowest BCUT2D eigenvalue weighted by molar-refractivity contribution is 0.122. The van der Waals surface area contributed by atoms with Crippen molar-refractivity contribution in [1.29, 1.82) is 0 Å². The molecule has 9 nitrogen and oxygen atoms in total. The van der Waals surface area contributed by atoms with Crippen molar-refractivity contribution in [2.75, 3.05) is 56.1 Å². The van der Waals surface area contributed by atoms with Crippen molar-refractivity contribution in [3.05, 3.63) is 48.5 Å². The molecule has 0 bridgehead atoms. The topological polar surface area (TPSA) is 93.7 Å². The minimum atomic E-state index is 0. The second-order valence-electron chi connectivity index (χ2n) is 6.59. The van der Waals surface area contributed by atoms with Gasteiger partial charge in [-0.3, -0.25) is 0 Å². The molecule has 0 spiro atoms. The Morgan fingerprint density at radius 3 is 2.10 bits per heavy atom. The van der Waals surface area contributed by atoms with E-state index in [4.69, 9.17) is 14.2 Å². The third-order valence-corrected chi connectivity index (χ3v) is 4.59. The lowest BCUT2D eigenvalue weighted by Gasteiger charge is -2.27. The zero-order valence-corrected chi connectivity index (χ0v) is 18.2. The van der Waals surface area contributed by atoms with Crippen LogP contribution in [-0.4, -0.2) is 55.5 Å². The van der Waals surface area contributed by atoms with Crippen LogP contribution in [-0.2, 0) is 4.74 Å². The molecule has 4 rings (SSSR count). The van der Waals surface area contributed by atoms with Crippen LogP contribution < -0.4 is 25.0 Å². The SMILES string of the molecule is COc1ccc(Nc2nc(Nc3cccc(OC)c3)nc(N3CCOCC3)n2)cc1.Cl. The van der Waals surface area contributed by atoms with Crippen molar-refractivity contribution in [2.24, 2.45) is 0 Å². The van der Waals surface area contributed by atoms with Gasteiger partial charge in [0.1, 0.15) is 11.5 Å². The van der Waals surface area contributed by atoms with E-state index in [0.717, 1.165) is 36.0 Å². The lowest BCUT2D eigenvalue weighted by Crippen LogP contribution is -2.37. The molecule has 2 heterocycles. The normalized spacial score (nSPS) is 13.2.